The summed E-state index contributed by atoms with van der Waals surface area (Å²) < 4.78 is 1.91. The minimum Gasteiger partial charge on any atom is -0.396 e. The maximum Gasteiger partial charge on any atom is 0.257 e. The average Bonchev–Trinajstić information content (AvgIpc) is 3.19. The van der Waals surface area contributed by atoms with Crippen LogP contribution in [0.1, 0.15) is 31.1 Å². The number of unbranched alkanes of at least 4 members (excludes halogenated alkanes) is 1. The maximum atomic E-state index is 13.2. The van der Waals surface area contributed by atoms with Crippen LogP contribution in [0, 0.1) is 0 Å². The molecule has 1 aliphatic heterocycles. The minimum absolute atomic E-state index is 0.126. The van der Waals surface area contributed by atoms with Gasteiger partial charge in [0.2, 0.25) is 5.91 Å². The van der Waals surface area contributed by atoms with E-state index in [-0.39, 0.29) is 24.8 Å². The molecule has 2 aromatic carbocycles. The van der Waals surface area contributed by atoms with E-state index in [1.165, 1.54) is 4.90 Å². The van der Waals surface area contributed by atoms with E-state index in [0.29, 0.717) is 18.5 Å². The second-order valence-corrected chi connectivity index (χ2v) is 6.69. The molecule has 1 aliphatic rings. The van der Waals surface area contributed by atoms with E-state index >= 15 is 0 Å². The van der Waals surface area contributed by atoms with Gasteiger partial charge in [-0.3, -0.25) is 9.59 Å². The standard InChI is InChI=1S/C21H21N3O3/c25-13-7-6-12-19-22-16-10-4-5-11-17(16)24(19)18-14-20(26)23(21(18)27)15-8-2-1-3-9-15/h1-5,8-11,18,25H,6-7,12-14H2/t18-/m1/s1. The summed E-state index contributed by atoms with van der Waals surface area (Å²) in [6.45, 7) is 0.128. The Kier molecular flexibility index (Phi) is 4.73. The highest BCUT2D eigenvalue weighted by Gasteiger charge is 2.41. The highest BCUT2D eigenvalue weighted by atomic mass is 16.3. The zero-order chi connectivity index (χ0) is 18.8. The molecule has 1 fully saturated rings. The highest BCUT2D eigenvalue weighted by Crippen LogP contribution is 2.33. The fourth-order valence-electron chi connectivity index (χ4n) is 3.68. The largest absolute Gasteiger partial charge is 0.396 e. The van der Waals surface area contributed by atoms with Crippen molar-refractivity contribution in [2.75, 3.05) is 11.5 Å². The van der Waals surface area contributed by atoms with Crippen molar-refractivity contribution in [2.24, 2.45) is 0 Å². The number of hydrogen-bond acceptors (Lipinski definition) is 4. The van der Waals surface area contributed by atoms with Crippen molar-refractivity contribution in [1.82, 2.24) is 9.55 Å². The summed E-state index contributed by atoms with van der Waals surface area (Å²) in [5.41, 5.74) is 2.27. The maximum absolute atomic E-state index is 13.2. The van der Waals surface area contributed by atoms with Crippen molar-refractivity contribution in [1.29, 1.82) is 0 Å². The van der Waals surface area contributed by atoms with Gasteiger partial charge in [-0.05, 0) is 37.1 Å². The number of hydrogen-bond donors (Lipinski definition) is 1. The quantitative estimate of drug-likeness (QED) is 0.540. The normalized spacial score (nSPS) is 17.2. The van der Waals surface area contributed by atoms with Crippen LogP contribution >= 0.6 is 0 Å². The highest BCUT2D eigenvalue weighted by molar-refractivity contribution is 6.21. The summed E-state index contributed by atoms with van der Waals surface area (Å²) in [4.78, 5) is 31.8. The van der Waals surface area contributed by atoms with E-state index in [2.05, 4.69) is 4.98 Å². The lowest BCUT2D eigenvalue weighted by molar-refractivity contribution is -0.122. The molecule has 0 unspecified atom stereocenters. The predicted molar refractivity (Wildman–Crippen MR) is 102 cm³/mol. The molecule has 2 heterocycles. The zero-order valence-electron chi connectivity index (χ0n) is 14.9. The Morgan fingerprint density at radius 2 is 1.74 bits per heavy atom. The molecule has 6 heteroatoms. The van der Waals surface area contributed by atoms with Crippen molar-refractivity contribution in [2.45, 2.75) is 31.7 Å². The van der Waals surface area contributed by atoms with Crippen molar-refractivity contribution < 1.29 is 14.7 Å². The van der Waals surface area contributed by atoms with Crippen LogP contribution in [-0.2, 0) is 16.0 Å². The first-order valence-corrected chi connectivity index (χ1v) is 9.19. The van der Waals surface area contributed by atoms with E-state index < -0.39 is 6.04 Å². The van der Waals surface area contributed by atoms with Crippen molar-refractivity contribution in [3.05, 3.63) is 60.4 Å². The summed E-state index contributed by atoms with van der Waals surface area (Å²) >= 11 is 0. The number of rotatable bonds is 6. The lowest BCUT2D eigenvalue weighted by Gasteiger charge is -2.17. The fraction of sp³-hybridized carbons (Fsp3) is 0.286. The Morgan fingerprint density at radius 1 is 1.00 bits per heavy atom. The van der Waals surface area contributed by atoms with Gasteiger partial charge in [0, 0.05) is 13.0 Å². The number of nitrogens with zero attached hydrogens (tertiary/aromatic N) is 3. The minimum atomic E-state index is -0.589. The number of imide groups is 1. The number of imidazole rings is 1. The molecule has 0 bridgehead atoms. The van der Waals surface area contributed by atoms with Crippen LogP contribution in [0.3, 0.4) is 0 Å². The van der Waals surface area contributed by atoms with Gasteiger partial charge in [-0.25, -0.2) is 9.88 Å². The molecule has 0 radical (unpaired) electrons. The molecule has 4 rings (SSSR count). The summed E-state index contributed by atoms with van der Waals surface area (Å²) in [7, 11) is 0. The number of aliphatic hydroxyl groups is 1. The molecule has 0 spiro atoms. The summed E-state index contributed by atoms with van der Waals surface area (Å²) in [5.74, 6) is 0.360. The second-order valence-electron chi connectivity index (χ2n) is 6.69. The van der Waals surface area contributed by atoms with Gasteiger partial charge in [0.25, 0.3) is 5.91 Å². The van der Waals surface area contributed by atoms with Gasteiger partial charge in [-0.2, -0.15) is 0 Å². The predicted octanol–water partition coefficient (Wildman–Crippen LogP) is 2.86. The van der Waals surface area contributed by atoms with Crippen molar-refractivity contribution in [3.63, 3.8) is 0 Å². The van der Waals surface area contributed by atoms with Gasteiger partial charge in [0.1, 0.15) is 11.9 Å². The lowest BCUT2D eigenvalue weighted by atomic mass is 10.2. The van der Waals surface area contributed by atoms with Crippen LogP contribution in [0.15, 0.2) is 54.6 Å². The molecule has 1 saturated heterocycles. The number of carbonyl (C=O) groups excluding carboxylic acids is 2. The van der Waals surface area contributed by atoms with Crippen LogP contribution in [0.2, 0.25) is 0 Å². The Morgan fingerprint density at radius 3 is 2.52 bits per heavy atom. The first-order valence-electron chi connectivity index (χ1n) is 9.19. The van der Waals surface area contributed by atoms with Gasteiger partial charge >= 0.3 is 0 Å². The third-order valence-corrected chi connectivity index (χ3v) is 4.93. The molecule has 2 amide bonds. The number of para-hydroxylation sites is 3. The molecular formula is C21H21N3O3. The van der Waals surface area contributed by atoms with Gasteiger partial charge in [0.15, 0.2) is 0 Å². The molecule has 27 heavy (non-hydrogen) atoms. The summed E-state index contributed by atoms with van der Waals surface area (Å²) in [6.07, 6.45) is 2.23. The number of fused-ring (bicyclic) bond motifs is 1. The fourth-order valence-corrected chi connectivity index (χ4v) is 3.68. The Hall–Kier alpha value is -2.99. The molecule has 138 valence electrons. The van der Waals surface area contributed by atoms with E-state index in [1.54, 1.807) is 12.1 Å². The van der Waals surface area contributed by atoms with E-state index in [9.17, 15) is 9.59 Å². The molecule has 1 N–H and O–H groups in total. The number of aryl methyl sites for hydroxylation is 1. The van der Waals surface area contributed by atoms with E-state index in [1.807, 2.05) is 47.0 Å². The van der Waals surface area contributed by atoms with Crippen molar-refractivity contribution >= 4 is 28.5 Å². The number of aromatic nitrogens is 2. The molecule has 6 nitrogen and oxygen atoms in total. The Labute approximate surface area is 157 Å². The molecule has 0 saturated carbocycles. The number of anilines is 1. The zero-order valence-corrected chi connectivity index (χ0v) is 14.9. The lowest BCUT2D eigenvalue weighted by Crippen LogP contribution is -2.31. The molecule has 1 atom stereocenters. The molecule has 1 aromatic heterocycles. The molecule has 3 aromatic rings. The second kappa shape index (κ2) is 7.32. The van der Waals surface area contributed by atoms with Crippen molar-refractivity contribution in [3.8, 4) is 0 Å². The first-order chi connectivity index (χ1) is 13.2. The van der Waals surface area contributed by atoms with Crippen LogP contribution in [0.5, 0.6) is 0 Å². The van der Waals surface area contributed by atoms with Gasteiger partial charge in [-0.1, -0.05) is 30.3 Å². The van der Waals surface area contributed by atoms with Crippen LogP contribution in [0.4, 0.5) is 5.69 Å². The smallest absolute Gasteiger partial charge is 0.257 e. The van der Waals surface area contributed by atoms with E-state index in [4.69, 9.17) is 5.11 Å². The van der Waals surface area contributed by atoms with Gasteiger partial charge in [-0.15, -0.1) is 0 Å². The summed E-state index contributed by atoms with van der Waals surface area (Å²) in [5, 5.41) is 9.07. The summed E-state index contributed by atoms with van der Waals surface area (Å²) in [6, 6.07) is 16.1. The number of amides is 2. The number of carbonyl (C=O) groups is 2. The van der Waals surface area contributed by atoms with E-state index in [0.717, 1.165) is 23.3 Å². The first kappa shape index (κ1) is 17.4. The SMILES string of the molecule is O=C1C[C@@H](n2c(CCCCO)nc3ccccc32)C(=O)N1c1ccccc1. The number of benzene rings is 2. The van der Waals surface area contributed by atoms with Gasteiger partial charge < -0.3 is 9.67 Å². The van der Waals surface area contributed by atoms with Crippen LogP contribution in [0.25, 0.3) is 11.0 Å². The average molecular weight is 363 g/mol. The van der Waals surface area contributed by atoms with Gasteiger partial charge in [0.05, 0.1) is 23.1 Å². The Bertz CT molecular complexity index is 981. The molecule has 0 aliphatic carbocycles. The monoisotopic (exact) mass is 363 g/mol. The van der Waals surface area contributed by atoms with Crippen LogP contribution in [-0.4, -0.2) is 33.1 Å². The third kappa shape index (κ3) is 3.13. The number of aliphatic hydroxyl groups excluding tert-OH is 1. The van der Waals surface area contributed by atoms with Crippen LogP contribution < -0.4 is 4.90 Å². The third-order valence-electron chi connectivity index (χ3n) is 4.93. The topological polar surface area (TPSA) is 75.4 Å². The Balaban J connectivity index is 1.74. The molecular weight excluding hydrogens is 342 g/mol.